The fourth-order valence-corrected chi connectivity index (χ4v) is 4.61. The molecule has 1 unspecified atom stereocenters. The topological polar surface area (TPSA) is 46.6 Å². The number of ether oxygens (including phenoxy) is 1. The molecule has 0 aliphatic carbocycles. The van der Waals surface area contributed by atoms with Gasteiger partial charge in [-0.25, -0.2) is 4.39 Å². The second-order valence-corrected chi connectivity index (χ2v) is 7.94. The lowest BCUT2D eigenvalue weighted by Crippen LogP contribution is -2.42. The Morgan fingerprint density at radius 2 is 1.97 bits per heavy atom. The van der Waals surface area contributed by atoms with E-state index in [0.717, 1.165) is 23.6 Å². The number of amides is 1. The smallest absolute Gasteiger partial charge is 0.261 e. The van der Waals surface area contributed by atoms with Gasteiger partial charge >= 0.3 is 0 Å². The van der Waals surface area contributed by atoms with Crippen LogP contribution >= 0.6 is 11.3 Å². The Bertz CT molecular complexity index is 1050. The maximum absolute atomic E-state index is 13.5. The fourth-order valence-electron chi connectivity index (χ4n) is 3.71. The van der Waals surface area contributed by atoms with Crippen LogP contribution in [0.4, 0.5) is 4.39 Å². The first-order valence-corrected chi connectivity index (χ1v) is 10.3. The van der Waals surface area contributed by atoms with Crippen molar-refractivity contribution in [1.29, 1.82) is 0 Å². The van der Waals surface area contributed by atoms with Gasteiger partial charge in [0, 0.05) is 11.4 Å². The van der Waals surface area contributed by atoms with Crippen molar-refractivity contribution in [2.45, 2.75) is 19.4 Å². The van der Waals surface area contributed by atoms with Gasteiger partial charge in [0.2, 0.25) is 0 Å². The molecule has 0 saturated carbocycles. The Kier molecular flexibility index (Phi) is 5.45. The molecule has 0 N–H and O–H groups in total. The molecule has 4 nitrogen and oxygen atoms in total. The number of halogens is 1. The molecule has 0 saturated heterocycles. The first-order valence-electron chi connectivity index (χ1n) is 9.38. The van der Waals surface area contributed by atoms with Crippen LogP contribution in [0.1, 0.15) is 39.3 Å². The summed E-state index contributed by atoms with van der Waals surface area (Å²) in [6.45, 7) is 1.73. The van der Waals surface area contributed by atoms with Crippen molar-refractivity contribution in [3.05, 3.63) is 87.4 Å². The SMILES string of the molecule is CC(=O)c1cc(F)ccc1OCC(=O)N1CCc2sccc2C1c1ccccc1. The number of hydrogen-bond acceptors (Lipinski definition) is 4. The average molecular weight is 409 g/mol. The van der Waals surface area contributed by atoms with Crippen LogP contribution in [-0.4, -0.2) is 29.7 Å². The number of hydrogen-bond donors (Lipinski definition) is 0. The Morgan fingerprint density at radius 1 is 1.17 bits per heavy atom. The molecule has 2 heterocycles. The van der Waals surface area contributed by atoms with Gasteiger partial charge in [0.25, 0.3) is 5.91 Å². The van der Waals surface area contributed by atoms with E-state index in [4.69, 9.17) is 4.74 Å². The Balaban J connectivity index is 1.58. The number of carbonyl (C=O) groups excluding carboxylic acids is 2. The van der Waals surface area contributed by atoms with Crippen molar-refractivity contribution in [1.82, 2.24) is 4.90 Å². The molecule has 0 spiro atoms. The molecule has 4 rings (SSSR count). The minimum Gasteiger partial charge on any atom is -0.483 e. The highest BCUT2D eigenvalue weighted by Crippen LogP contribution is 2.37. The molecule has 6 heteroatoms. The molecule has 0 bridgehead atoms. The van der Waals surface area contributed by atoms with Gasteiger partial charge in [-0.05, 0) is 54.1 Å². The lowest BCUT2D eigenvalue weighted by Gasteiger charge is -2.36. The maximum Gasteiger partial charge on any atom is 0.261 e. The van der Waals surface area contributed by atoms with Crippen LogP contribution in [-0.2, 0) is 11.2 Å². The normalized spacial score (nSPS) is 15.7. The molecule has 1 aliphatic rings. The standard InChI is InChI=1S/C23H20FNO3S/c1-15(26)19-13-17(24)7-8-20(19)28-14-22(27)25-11-9-21-18(10-12-29-21)23(25)16-5-3-2-4-6-16/h2-8,10,12-13,23H,9,11,14H2,1H3. The summed E-state index contributed by atoms with van der Waals surface area (Å²) >= 11 is 1.71. The molecule has 1 aliphatic heterocycles. The Morgan fingerprint density at radius 3 is 2.72 bits per heavy atom. The minimum atomic E-state index is -0.515. The maximum atomic E-state index is 13.5. The summed E-state index contributed by atoms with van der Waals surface area (Å²) in [7, 11) is 0. The number of rotatable bonds is 5. The molecular weight excluding hydrogens is 389 g/mol. The highest BCUT2D eigenvalue weighted by molar-refractivity contribution is 7.10. The molecule has 29 heavy (non-hydrogen) atoms. The van der Waals surface area contributed by atoms with Gasteiger partial charge in [-0.3, -0.25) is 9.59 Å². The number of fused-ring (bicyclic) bond motifs is 1. The molecule has 1 aromatic heterocycles. The van der Waals surface area contributed by atoms with E-state index >= 15 is 0 Å². The quantitative estimate of drug-likeness (QED) is 0.577. The van der Waals surface area contributed by atoms with E-state index in [0.29, 0.717) is 6.54 Å². The highest BCUT2D eigenvalue weighted by atomic mass is 32.1. The van der Waals surface area contributed by atoms with Gasteiger partial charge in [0.1, 0.15) is 11.6 Å². The van der Waals surface area contributed by atoms with E-state index in [9.17, 15) is 14.0 Å². The summed E-state index contributed by atoms with van der Waals surface area (Å²) in [6, 6.07) is 15.6. The Labute approximate surface area is 172 Å². The van der Waals surface area contributed by atoms with Gasteiger partial charge in [0.15, 0.2) is 12.4 Å². The second kappa shape index (κ2) is 8.17. The van der Waals surface area contributed by atoms with Crippen molar-refractivity contribution in [3.8, 4) is 5.75 Å². The first-order chi connectivity index (χ1) is 14.0. The number of carbonyl (C=O) groups is 2. The molecule has 1 amide bonds. The Hall–Kier alpha value is -2.99. The molecule has 2 aromatic carbocycles. The van der Waals surface area contributed by atoms with Gasteiger partial charge < -0.3 is 9.64 Å². The number of Topliss-reactive ketones (excluding diaryl/α,β-unsaturated/α-hetero) is 1. The van der Waals surface area contributed by atoms with Crippen molar-refractivity contribution >= 4 is 23.0 Å². The third-order valence-electron chi connectivity index (χ3n) is 5.07. The third-order valence-corrected chi connectivity index (χ3v) is 6.07. The van der Waals surface area contributed by atoms with E-state index in [2.05, 4.69) is 11.4 Å². The van der Waals surface area contributed by atoms with E-state index in [1.165, 1.54) is 23.9 Å². The third kappa shape index (κ3) is 3.93. The van der Waals surface area contributed by atoms with Crippen LogP contribution in [0.15, 0.2) is 60.0 Å². The molecule has 0 radical (unpaired) electrons. The summed E-state index contributed by atoms with van der Waals surface area (Å²) in [6.07, 6.45) is 0.803. The first kappa shape index (κ1) is 19.3. The molecule has 3 aromatic rings. The number of ketones is 1. The predicted molar refractivity (Wildman–Crippen MR) is 110 cm³/mol. The summed E-state index contributed by atoms with van der Waals surface area (Å²) in [5.41, 5.74) is 2.33. The van der Waals surface area contributed by atoms with E-state index in [1.807, 2.05) is 35.2 Å². The zero-order chi connectivity index (χ0) is 20.4. The van der Waals surface area contributed by atoms with Crippen LogP contribution < -0.4 is 4.74 Å². The van der Waals surface area contributed by atoms with E-state index < -0.39 is 5.82 Å². The summed E-state index contributed by atoms with van der Waals surface area (Å²) in [4.78, 5) is 28.0. The van der Waals surface area contributed by atoms with E-state index in [-0.39, 0.29) is 35.7 Å². The number of benzene rings is 2. The number of thiophene rings is 1. The van der Waals surface area contributed by atoms with Crippen molar-refractivity contribution < 1.29 is 18.7 Å². The van der Waals surface area contributed by atoms with Crippen LogP contribution in [0.25, 0.3) is 0 Å². The largest absolute Gasteiger partial charge is 0.483 e. The number of nitrogens with zero attached hydrogens (tertiary/aromatic N) is 1. The van der Waals surface area contributed by atoms with Crippen LogP contribution in [0, 0.1) is 5.82 Å². The summed E-state index contributed by atoms with van der Waals surface area (Å²) < 4.78 is 19.1. The van der Waals surface area contributed by atoms with Crippen LogP contribution in [0.5, 0.6) is 5.75 Å². The van der Waals surface area contributed by atoms with Gasteiger partial charge in [0.05, 0.1) is 11.6 Å². The van der Waals surface area contributed by atoms with Gasteiger partial charge in [-0.15, -0.1) is 11.3 Å². The monoisotopic (exact) mass is 409 g/mol. The zero-order valence-corrected chi connectivity index (χ0v) is 16.7. The highest BCUT2D eigenvalue weighted by Gasteiger charge is 2.32. The van der Waals surface area contributed by atoms with Crippen LogP contribution in [0.2, 0.25) is 0 Å². The van der Waals surface area contributed by atoms with Crippen molar-refractivity contribution in [2.75, 3.05) is 13.2 Å². The lowest BCUT2D eigenvalue weighted by molar-refractivity contribution is -0.135. The molecule has 0 fully saturated rings. The van der Waals surface area contributed by atoms with Crippen molar-refractivity contribution in [3.63, 3.8) is 0 Å². The van der Waals surface area contributed by atoms with Gasteiger partial charge in [-0.1, -0.05) is 30.3 Å². The summed E-state index contributed by atoms with van der Waals surface area (Å²) in [5.74, 6) is -0.777. The zero-order valence-electron chi connectivity index (χ0n) is 15.9. The molecule has 148 valence electrons. The summed E-state index contributed by atoms with van der Waals surface area (Å²) in [5, 5.41) is 2.06. The van der Waals surface area contributed by atoms with Gasteiger partial charge in [-0.2, -0.15) is 0 Å². The van der Waals surface area contributed by atoms with Crippen LogP contribution in [0.3, 0.4) is 0 Å². The second-order valence-electron chi connectivity index (χ2n) is 6.93. The van der Waals surface area contributed by atoms with E-state index in [1.54, 1.807) is 11.3 Å². The average Bonchev–Trinajstić information content (AvgIpc) is 3.21. The minimum absolute atomic E-state index is 0.135. The predicted octanol–water partition coefficient (Wildman–Crippen LogP) is 4.64. The fraction of sp³-hybridized carbons (Fsp3) is 0.217. The molecule has 1 atom stereocenters. The van der Waals surface area contributed by atoms with Crippen molar-refractivity contribution in [2.24, 2.45) is 0 Å². The molecular formula is C23H20FNO3S. The lowest BCUT2D eigenvalue weighted by atomic mass is 9.93.